The van der Waals surface area contributed by atoms with Gasteiger partial charge in [-0.2, -0.15) is 0 Å². The quantitative estimate of drug-likeness (QED) is 0.492. The van der Waals surface area contributed by atoms with E-state index >= 15 is 0 Å². The molecule has 1 radical (unpaired) electrons. The van der Waals surface area contributed by atoms with Crippen molar-refractivity contribution in [1.29, 1.82) is 0 Å². The number of nitrogens with one attached hydrogen (secondary N) is 1. The third-order valence-electron chi connectivity index (χ3n) is 1.02. The maximum atomic E-state index is 7.18. The Balaban J connectivity index is 3.13. The second kappa shape index (κ2) is 1.82. The van der Waals surface area contributed by atoms with Crippen LogP contribution in [0, 0.1) is 6.92 Å². The zero-order valence-corrected chi connectivity index (χ0v) is 4.68. The predicted molar refractivity (Wildman–Crippen MR) is 31.7 cm³/mol. The summed E-state index contributed by atoms with van der Waals surface area (Å²) >= 11 is 0. The van der Waals surface area contributed by atoms with E-state index in [9.17, 15) is 0 Å². The highest BCUT2D eigenvalue weighted by Crippen LogP contribution is 2.06. The molecular weight excluding hydrogens is 100 g/mol. The fourth-order valence-electron chi connectivity index (χ4n) is 0.473. The van der Waals surface area contributed by atoms with Crippen LogP contribution in [0.4, 0.5) is 5.69 Å². The Kier molecular flexibility index (Phi) is 1.16. The van der Waals surface area contributed by atoms with Crippen molar-refractivity contribution in [2.24, 2.45) is 0 Å². The Hall–Kier alpha value is -1.05. The van der Waals surface area contributed by atoms with E-state index in [1.807, 2.05) is 6.92 Å². The monoisotopic (exact) mass is 107 g/mol. The molecule has 2 nitrogen and oxygen atoms in total. The number of aryl methyl sites for hydroxylation is 1. The Morgan fingerprint density at radius 3 is 2.75 bits per heavy atom. The van der Waals surface area contributed by atoms with Gasteiger partial charge >= 0.3 is 0 Å². The third-order valence-corrected chi connectivity index (χ3v) is 1.02. The van der Waals surface area contributed by atoms with Gasteiger partial charge in [-0.1, -0.05) is 0 Å². The highest BCUT2D eigenvalue weighted by atomic mass is 14.7. The molecule has 0 spiro atoms. The summed E-state index contributed by atoms with van der Waals surface area (Å²) in [5, 5.41) is 0. The van der Waals surface area contributed by atoms with Gasteiger partial charge in [0.05, 0.1) is 5.69 Å². The standard InChI is InChI=1S/C6H7N2/c1-5-4-8-3-2-6(5)7/h2-4,7H,1H3. The maximum absolute atomic E-state index is 7.18. The minimum Gasteiger partial charge on any atom is -0.301 e. The highest BCUT2D eigenvalue weighted by Gasteiger charge is 1.86. The van der Waals surface area contributed by atoms with Gasteiger partial charge in [-0.25, -0.2) is 0 Å². The second-order valence-corrected chi connectivity index (χ2v) is 1.69. The molecule has 0 bridgehead atoms. The molecule has 41 valence electrons. The lowest BCUT2D eigenvalue weighted by Gasteiger charge is -1.91. The van der Waals surface area contributed by atoms with Gasteiger partial charge in [0.1, 0.15) is 0 Å². The van der Waals surface area contributed by atoms with Gasteiger partial charge in [-0.05, 0) is 18.6 Å². The molecule has 0 saturated carbocycles. The SMILES string of the molecule is Cc1cnccc1[NH]. The van der Waals surface area contributed by atoms with Crippen LogP contribution in [0.15, 0.2) is 18.5 Å². The number of rotatable bonds is 0. The summed E-state index contributed by atoms with van der Waals surface area (Å²) in [4.78, 5) is 3.83. The van der Waals surface area contributed by atoms with E-state index < -0.39 is 0 Å². The summed E-state index contributed by atoms with van der Waals surface area (Å²) in [5.41, 5.74) is 8.66. The van der Waals surface area contributed by atoms with Crippen LogP contribution in [-0.2, 0) is 0 Å². The van der Waals surface area contributed by atoms with Crippen LogP contribution in [0.3, 0.4) is 0 Å². The van der Waals surface area contributed by atoms with Gasteiger partial charge in [0.25, 0.3) is 0 Å². The van der Waals surface area contributed by atoms with Gasteiger partial charge in [-0.3, -0.25) is 4.98 Å². The Morgan fingerprint density at radius 2 is 2.38 bits per heavy atom. The number of aromatic nitrogens is 1. The zero-order valence-electron chi connectivity index (χ0n) is 4.68. The number of nitrogens with zero attached hydrogens (tertiary/aromatic N) is 1. The lowest BCUT2D eigenvalue weighted by atomic mass is 10.3. The minimum absolute atomic E-state index is 0.556. The first kappa shape index (κ1) is 5.09. The van der Waals surface area contributed by atoms with Gasteiger partial charge < -0.3 is 5.73 Å². The molecule has 1 heterocycles. The van der Waals surface area contributed by atoms with Crippen molar-refractivity contribution in [3.8, 4) is 0 Å². The fourth-order valence-corrected chi connectivity index (χ4v) is 0.473. The van der Waals surface area contributed by atoms with E-state index in [1.165, 1.54) is 0 Å². The molecule has 0 fully saturated rings. The molecule has 0 saturated heterocycles. The summed E-state index contributed by atoms with van der Waals surface area (Å²) in [6.45, 7) is 1.87. The van der Waals surface area contributed by atoms with Crippen LogP contribution < -0.4 is 5.73 Å². The zero-order chi connectivity index (χ0) is 5.98. The van der Waals surface area contributed by atoms with Gasteiger partial charge in [-0.15, -0.1) is 0 Å². The van der Waals surface area contributed by atoms with Crippen LogP contribution in [-0.4, -0.2) is 4.98 Å². The Labute approximate surface area is 48.4 Å². The van der Waals surface area contributed by atoms with Crippen LogP contribution in [0.25, 0.3) is 0 Å². The number of hydrogen-bond acceptors (Lipinski definition) is 1. The average molecular weight is 107 g/mol. The lowest BCUT2D eigenvalue weighted by Crippen LogP contribution is -1.77. The number of hydrogen-bond donors (Lipinski definition) is 0. The number of pyridine rings is 1. The Bertz CT molecular complexity index is 163. The van der Waals surface area contributed by atoms with Crippen molar-refractivity contribution in [3.05, 3.63) is 24.0 Å². The van der Waals surface area contributed by atoms with Crippen LogP contribution in [0.5, 0.6) is 0 Å². The van der Waals surface area contributed by atoms with E-state index in [-0.39, 0.29) is 0 Å². The summed E-state index contributed by atoms with van der Waals surface area (Å²) in [7, 11) is 0. The van der Waals surface area contributed by atoms with Gasteiger partial charge in [0.2, 0.25) is 0 Å². The second-order valence-electron chi connectivity index (χ2n) is 1.69. The smallest absolute Gasteiger partial charge is 0.0599 e. The van der Waals surface area contributed by atoms with E-state index in [4.69, 9.17) is 5.73 Å². The maximum Gasteiger partial charge on any atom is 0.0599 e. The molecule has 0 atom stereocenters. The van der Waals surface area contributed by atoms with Crippen LogP contribution >= 0.6 is 0 Å². The molecule has 0 aliphatic carbocycles. The van der Waals surface area contributed by atoms with Crippen molar-refractivity contribution < 1.29 is 0 Å². The van der Waals surface area contributed by atoms with Crippen molar-refractivity contribution in [3.63, 3.8) is 0 Å². The molecule has 1 N–H and O–H groups in total. The van der Waals surface area contributed by atoms with E-state index in [0.717, 1.165) is 5.56 Å². The van der Waals surface area contributed by atoms with Gasteiger partial charge in [0.15, 0.2) is 0 Å². The first-order valence-electron chi connectivity index (χ1n) is 2.43. The molecule has 1 aromatic heterocycles. The summed E-state index contributed by atoms with van der Waals surface area (Å²) in [6, 6.07) is 1.68. The van der Waals surface area contributed by atoms with E-state index in [1.54, 1.807) is 18.5 Å². The predicted octanol–water partition coefficient (Wildman–Crippen LogP) is 1.30. The molecule has 0 aliphatic heterocycles. The average Bonchev–Trinajstić information content (AvgIpc) is 1.77. The van der Waals surface area contributed by atoms with Crippen molar-refractivity contribution in [2.75, 3.05) is 0 Å². The summed E-state index contributed by atoms with van der Waals surface area (Å²) in [5.74, 6) is 0. The molecule has 8 heavy (non-hydrogen) atoms. The fraction of sp³-hybridized carbons (Fsp3) is 0.167. The molecule has 1 aromatic rings. The van der Waals surface area contributed by atoms with E-state index in [2.05, 4.69) is 4.98 Å². The first-order chi connectivity index (χ1) is 3.80. The van der Waals surface area contributed by atoms with Crippen molar-refractivity contribution in [2.45, 2.75) is 6.92 Å². The molecule has 0 aromatic carbocycles. The molecule has 0 amide bonds. The summed E-state index contributed by atoms with van der Waals surface area (Å²) in [6.07, 6.45) is 3.30. The van der Waals surface area contributed by atoms with Gasteiger partial charge in [0, 0.05) is 12.4 Å². The third kappa shape index (κ3) is 0.780. The highest BCUT2D eigenvalue weighted by molar-refractivity contribution is 5.38. The van der Waals surface area contributed by atoms with E-state index in [0.29, 0.717) is 5.69 Å². The Morgan fingerprint density at radius 1 is 1.62 bits per heavy atom. The molecule has 0 aliphatic rings. The van der Waals surface area contributed by atoms with Crippen LogP contribution in [0.2, 0.25) is 0 Å². The lowest BCUT2D eigenvalue weighted by molar-refractivity contribution is 1.24. The molecular formula is C6H7N2. The minimum atomic E-state index is 0.556. The first-order valence-corrected chi connectivity index (χ1v) is 2.43. The largest absolute Gasteiger partial charge is 0.301 e. The van der Waals surface area contributed by atoms with Crippen LogP contribution in [0.1, 0.15) is 5.56 Å². The molecule has 1 rings (SSSR count). The molecule has 2 heteroatoms. The normalized spacial score (nSPS) is 9.12. The van der Waals surface area contributed by atoms with Crippen molar-refractivity contribution >= 4 is 5.69 Å². The summed E-state index contributed by atoms with van der Waals surface area (Å²) < 4.78 is 0. The topological polar surface area (TPSA) is 36.7 Å². The molecule has 0 unspecified atom stereocenters. The van der Waals surface area contributed by atoms with Crippen molar-refractivity contribution in [1.82, 2.24) is 10.7 Å².